The molecule has 38 heavy (non-hydrogen) atoms. The number of ether oxygens (including phenoxy) is 2. The van der Waals surface area contributed by atoms with Crippen LogP contribution in [0.3, 0.4) is 0 Å². The SMILES string of the molecule is S.[2H][C@@](C)(NC(=O)COC(F)F)c1cc(F)cc(Cl)c1COc1cccc2c(-c3ncnn3C)cc(C)nc12. The average Bonchev–Trinajstić information content (AvgIpc) is 3.26. The average molecular weight is 569 g/mol. The van der Waals surface area contributed by atoms with Gasteiger partial charge in [-0.25, -0.2) is 19.0 Å². The molecule has 1 amide bonds. The lowest BCUT2D eigenvalue weighted by Crippen LogP contribution is -2.31. The van der Waals surface area contributed by atoms with Gasteiger partial charge < -0.3 is 14.8 Å². The Kier molecular flexibility index (Phi) is 9.08. The second-order valence-corrected chi connectivity index (χ2v) is 8.53. The normalized spacial score (nSPS) is 13.1. The first kappa shape index (κ1) is 27.7. The maximum atomic E-state index is 14.3. The molecule has 0 unspecified atom stereocenters. The summed E-state index contributed by atoms with van der Waals surface area (Å²) in [6.45, 7) is -1.25. The van der Waals surface area contributed by atoms with Gasteiger partial charge in [-0.05, 0) is 43.7 Å². The van der Waals surface area contributed by atoms with Crippen LogP contribution in [-0.4, -0.2) is 38.9 Å². The fourth-order valence-electron chi connectivity index (χ4n) is 3.88. The molecule has 0 saturated carbocycles. The molecule has 1 N–H and O–H groups in total. The molecule has 0 aliphatic heterocycles. The number of alkyl halides is 2. The maximum absolute atomic E-state index is 14.3. The van der Waals surface area contributed by atoms with Crippen LogP contribution in [0.4, 0.5) is 13.2 Å². The summed E-state index contributed by atoms with van der Waals surface area (Å²) in [6.07, 6.45) is 1.45. The van der Waals surface area contributed by atoms with Crippen molar-refractivity contribution in [3.8, 4) is 17.1 Å². The van der Waals surface area contributed by atoms with Gasteiger partial charge in [-0.1, -0.05) is 23.7 Å². The van der Waals surface area contributed by atoms with Gasteiger partial charge in [0.2, 0.25) is 5.91 Å². The third-order valence-electron chi connectivity index (χ3n) is 5.49. The van der Waals surface area contributed by atoms with Crippen LogP contribution in [0.15, 0.2) is 42.7 Å². The number of hydrogen-bond donors (Lipinski definition) is 1. The molecule has 8 nitrogen and oxygen atoms in total. The number of rotatable bonds is 9. The molecule has 202 valence electrons. The second-order valence-electron chi connectivity index (χ2n) is 8.12. The monoisotopic (exact) mass is 568 g/mol. The number of hydrogen-bond acceptors (Lipinski definition) is 6. The molecule has 4 aromatic rings. The van der Waals surface area contributed by atoms with Crippen molar-refractivity contribution < 1.29 is 28.8 Å². The molecule has 13 heteroatoms. The van der Waals surface area contributed by atoms with E-state index in [2.05, 4.69) is 25.1 Å². The Morgan fingerprint density at radius 2 is 2.05 bits per heavy atom. The number of aryl methyl sites for hydroxylation is 2. The number of carbonyl (C=O) groups is 1. The summed E-state index contributed by atoms with van der Waals surface area (Å²) < 4.78 is 59.2. The number of fused-ring (bicyclic) bond motifs is 1. The molecule has 2 aromatic carbocycles. The molecular formula is C25H25ClF3N5O3S. The van der Waals surface area contributed by atoms with Gasteiger partial charge in [0.1, 0.15) is 36.6 Å². The summed E-state index contributed by atoms with van der Waals surface area (Å²) >= 11 is 6.33. The number of para-hydroxylation sites is 1. The Morgan fingerprint density at radius 1 is 1.29 bits per heavy atom. The number of nitrogens with one attached hydrogen (secondary N) is 1. The van der Waals surface area contributed by atoms with E-state index in [9.17, 15) is 18.0 Å². The number of aromatic nitrogens is 4. The van der Waals surface area contributed by atoms with Crippen LogP contribution in [0.1, 0.15) is 31.1 Å². The minimum Gasteiger partial charge on any atom is -0.487 e. The van der Waals surface area contributed by atoms with E-state index in [1.807, 2.05) is 19.1 Å². The largest absolute Gasteiger partial charge is 0.487 e. The lowest BCUT2D eigenvalue weighted by molar-refractivity contribution is -0.152. The lowest BCUT2D eigenvalue weighted by atomic mass is 10.0. The van der Waals surface area contributed by atoms with E-state index < -0.39 is 31.0 Å². The standard InChI is InChI=1S/C25H23ClF3N5O3.H2S/c1-13-7-18(24-30-12-31-34(24)3)16-5-4-6-21(23(16)32-13)36-10-19-17(8-15(27)9-20(19)26)14(2)33-22(35)11-37-25(28)29;/h4-9,12,14,25H,10-11H2,1-3H3,(H,33,35);1H2/t14-;/m0./s1/i14D;. The third-order valence-corrected chi connectivity index (χ3v) is 5.82. The molecule has 2 heterocycles. The number of benzene rings is 2. The van der Waals surface area contributed by atoms with E-state index in [4.69, 9.17) is 17.7 Å². The molecule has 2 aromatic heterocycles. The van der Waals surface area contributed by atoms with Crippen molar-refractivity contribution in [2.24, 2.45) is 7.05 Å². The molecule has 0 radical (unpaired) electrons. The van der Waals surface area contributed by atoms with Crippen LogP contribution in [0, 0.1) is 12.7 Å². The Labute approximate surface area is 230 Å². The summed E-state index contributed by atoms with van der Waals surface area (Å²) in [5, 5.41) is 7.10. The Hall–Kier alpha value is -3.35. The van der Waals surface area contributed by atoms with Crippen molar-refractivity contribution >= 4 is 41.9 Å². The predicted octanol–water partition coefficient (Wildman–Crippen LogP) is 5.24. The highest BCUT2D eigenvalue weighted by Crippen LogP contribution is 2.34. The highest BCUT2D eigenvalue weighted by molar-refractivity contribution is 7.59. The summed E-state index contributed by atoms with van der Waals surface area (Å²) in [4.78, 5) is 21.0. The zero-order chi connectivity index (χ0) is 27.6. The van der Waals surface area contributed by atoms with Crippen molar-refractivity contribution in [2.45, 2.75) is 33.1 Å². The van der Waals surface area contributed by atoms with Gasteiger partial charge in [0.05, 0.1) is 12.4 Å². The zero-order valence-electron chi connectivity index (χ0n) is 21.6. The molecule has 0 fully saturated rings. The molecule has 0 aliphatic rings. The van der Waals surface area contributed by atoms with E-state index in [1.54, 1.807) is 23.9 Å². The number of nitrogens with zero attached hydrogens (tertiary/aromatic N) is 4. The fraction of sp³-hybridized carbons (Fsp3) is 0.280. The van der Waals surface area contributed by atoms with Crippen molar-refractivity contribution in [2.75, 3.05) is 6.61 Å². The minimum atomic E-state index is -3.16. The van der Waals surface area contributed by atoms with Gasteiger partial charge in [0.25, 0.3) is 0 Å². The zero-order valence-corrected chi connectivity index (χ0v) is 22.3. The molecule has 1 atom stereocenters. The topological polar surface area (TPSA) is 91.2 Å². The van der Waals surface area contributed by atoms with E-state index in [1.165, 1.54) is 13.3 Å². The van der Waals surface area contributed by atoms with Crippen molar-refractivity contribution in [3.05, 3.63) is 70.4 Å². The first-order valence-corrected chi connectivity index (χ1v) is 11.4. The number of halogens is 4. The van der Waals surface area contributed by atoms with Crippen LogP contribution in [0.5, 0.6) is 5.75 Å². The van der Waals surface area contributed by atoms with Gasteiger partial charge in [-0.2, -0.15) is 27.4 Å². The Morgan fingerprint density at radius 3 is 2.74 bits per heavy atom. The van der Waals surface area contributed by atoms with Crippen LogP contribution >= 0.6 is 25.1 Å². The summed E-state index contributed by atoms with van der Waals surface area (Å²) in [5.41, 5.74) is 2.25. The number of amides is 1. The lowest BCUT2D eigenvalue weighted by Gasteiger charge is -2.20. The third kappa shape index (κ3) is 6.55. The molecule has 0 saturated heterocycles. The summed E-state index contributed by atoms with van der Waals surface area (Å²) in [7, 11) is 1.78. The van der Waals surface area contributed by atoms with E-state index >= 15 is 0 Å². The predicted molar refractivity (Wildman–Crippen MR) is 141 cm³/mol. The van der Waals surface area contributed by atoms with Crippen LogP contribution < -0.4 is 10.1 Å². The molecule has 0 bridgehead atoms. The van der Waals surface area contributed by atoms with Crippen molar-refractivity contribution in [3.63, 3.8) is 0 Å². The molecule has 0 aliphatic carbocycles. The van der Waals surface area contributed by atoms with Crippen LogP contribution in [0.2, 0.25) is 5.02 Å². The van der Waals surface area contributed by atoms with Crippen molar-refractivity contribution in [1.29, 1.82) is 0 Å². The van der Waals surface area contributed by atoms with Gasteiger partial charge in [0, 0.05) is 29.3 Å². The minimum absolute atomic E-state index is 0. The number of carbonyl (C=O) groups excluding carboxylic acids is 1. The van der Waals surface area contributed by atoms with Crippen LogP contribution in [-0.2, 0) is 23.2 Å². The van der Waals surface area contributed by atoms with Crippen LogP contribution in [0.25, 0.3) is 22.3 Å². The quantitative estimate of drug-likeness (QED) is 0.297. The van der Waals surface area contributed by atoms with Gasteiger partial charge >= 0.3 is 6.61 Å². The van der Waals surface area contributed by atoms with Gasteiger partial charge in [0.15, 0.2) is 5.82 Å². The first-order chi connectivity index (χ1) is 18.0. The number of pyridine rings is 1. The molecule has 0 spiro atoms. The van der Waals surface area contributed by atoms with Crippen molar-refractivity contribution in [1.82, 2.24) is 25.1 Å². The highest BCUT2D eigenvalue weighted by atomic mass is 35.5. The van der Waals surface area contributed by atoms with E-state index in [0.717, 1.165) is 23.1 Å². The molecule has 4 rings (SSSR count). The van der Waals surface area contributed by atoms with Gasteiger partial charge in [-0.3, -0.25) is 4.79 Å². The second kappa shape index (κ2) is 12.5. The highest BCUT2D eigenvalue weighted by Gasteiger charge is 2.20. The van der Waals surface area contributed by atoms with Gasteiger partial charge in [-0.15, -0.1) is 0 Å². The Balaban J connectivity index is 0.00000420. The van der Waals surface area contributed by atoms with E-state index in [-0.39, 0.29) is 36.3 Å². The Bertz CT molecular complexity index is 1510. The first-order valence-electron chi connectivity index (χ1n) is 11.5. The summed E-state index contributed by atoms with van der Waals surface area (Å²) in [5.74, 6) is -0.707. The summed E-state index contributed by atoms with van der Waals surface area (Å²) in [6, 6.07) is 7.38. The van der Waals surface area contributed by atoms with E-state index in [0.29, 0.717) is 22.8 Å². The fourth-order valence-corrected chi connectivity index (χ4v) is 4.14. The maximum Gasteiger partial charge on any atom is 0.345 e. The smallest absolute Gasteiger partial charge is 0.345 e. The molecular weight excluding hydrogens is 543 g/mol.